The molecule has 0 radical (unpaired) electrons. The second-order valence-corrected chi connectivity index (χ2v) is 8.61. The van der Waals surface area contributed by atoms with Crippen molar-refractivity contribution in [3.8, 4) is 0 Å². The monoisotopic (exact) mass is 403 g/mol. The first kappa shape index (κ1) is 22.4. The Morgan fingerprint density at radius 1 is 1.25 bits per heavy atom. The molecule has 7 heteroatoms. The molecule has 2 atom stereocenters. The van der Waals surface area contributed by atoms with Crippen molar-refractivity contribution in [2.24, 2.45) is 0 Å². The van der Waals surface area contributed by atoms with E-state index in [4.69, 9.17) is 0 Å². The van der Waals surface area contributed by atoms with Gasteiger partial charge in [-0.2, -0.15) is 0 Å². The summed E-state index contributed by atoms with van der Waals surface area (Å²) in [5.41, 5.74) is 1.91. The van der Waals surface area contributed by atoms with E-state index < -0.39 is 0 Å². The van der Waals surface area contributed by atoms with E-state index in [-0.39, 0.29) is 17.2 Å². The molecule has 1 N–H and O–H groups in total. The van der Waals surface area contributed by atoms with Crippen LogP contribution < -0.4 is 5.32 Å². The van der Waals surface area contributed by atoms with Crippen LogP contribution in [0.25, 0.3) is 0 Å². The summed E-state index contributed by atoms with van der Waals surface area (Å²) in [4.78, 5) is 14.9. The van der Waals surface area contributed by atoms with Gasteiger partial charge in [0, 0.05) is 12.2 Å². The minimum Gasteiger partial charge on any atom is -0.325 e. The number of benzene rings is 1. The van der Waals surface area contributed by atoms with Crippen LogP contribution in [0.5, 0.6) is 0 Å². The van der Waals surface area contributed by atoms with Crippen molar-refractivity contribution in [3.63, 3.8) is 0 Å². The summed E-state index contributed by atoms with van der Waals surface area (Å²) >= 11 is 1.47. The number of para-hydroxylation sites is 1. The molecule has 28 heavy (non-hydrogen) atoms. The van der Waals surface area contributed by atoms with E-state index >= 15 is 0 Å². The normalized spacial score (nSPS) is 13.5. The lowest BCUT2D eigenvalue weighted by molar-refractivity contribution is -0.115. The Morgan fingerprint density at radius 3 is 2.57 bits per heavy atom. The maximum atomic E-state index is 12.7. The van der Waals surface area contributed by atoms with Crippen molar-refractivity contribution in [2.75, 3.05) is 19.4 Å². The van der Waals surface area contributed by atoms with Gasteiger partial charge in [0.1, 0.15) is 0 Å². The molecule has 0 aliphatic carbocycles. The minimum atomic E-state index is -0.267. The number of hydrogen-bond donors (Lipinski definition) is 1. The number of rotatable bonds is 10. The summed E-state index contributed by atoms with van der Waals surface area (Å²) in [5, 5.41) is 12.5. The standard InChI is InChI=1S/C21H33N5OS/c1-7-9-14-26-19(18(8-2)25(5)6)23-24-21(26)28-16(4)20(27)22-17-13-11-10-12-15(17)3/h10-13,16,18H,7-9,14H2,1-6H3,(H,22,27). The van der Waals surface area contributed by atoms with Gasteiger partial charge in [-0.25, -0.2) is 0 Å². The van der Waals surface area contributed by atoms with E-state index in [2.05, 4.69) is 52.9 Å². The Kier molecular flexibility index (Phi) is 8.51. The molecule has 1 aromatic heterocycles. The number of nitrogens with zero attached hydrogens (tertiary/aromatic N) is 4. The number of aromatic nitrogens is 3. The van der Waals surface area contributed by atoms with E-state index in [1.807, 2.05) is 38.1 Å². The molecule has 0 spiro atoms. The van der Waals surface area contributed by atoms with Gasteiger partial charge >= 0.3 is 0 Å². The van der Waals surface area contributed by atoms with Gasteiger partial charge in [0.25, 0.3) is 0 Å². The Bertz CT molecular complexity index is 774. The van der Waals surface area contributed by atoms with Crippen LogP contribution in [-0.4, -0.2) is 44.9 Å². The maximum Gasteiger partial charge on any atom is 0.237 e. The third-order valence-electron chi connectivity index (χ3n) is 4.84. The number of hydrogen-bond acceptors (Lipinski definition) is 5. The fourth-order valence-electron chi connectivity index (χ4n) is 3.10. The second-order valence-electron chi connectivity index (χ2n) is 7.30. The molecule has 0 bridgehead atoms. The molecule has 0 fully saturated rings. The zero-order valence-electron chi connectivity index (χ0n) is 17.9. The Balaban J connectivity index is 2.18. The van der Waals surface area contributed by atoms with Gasteiger partial charge in [-0.1, -0.05) is 50.2 Å². The molecule has 2 rings (SSSR count). The van der Waals surface area contributed by atoms with Crippen LogP contribution in [0.4, 0.5) is 5.69 Å². The number of carbonyl (C=O) groups is 1. The molecular weight excluding hydrogens is 370 g/mol. The summed E-state index contributed by atoms with van der Waals surface area (Å²) < 4.78 is 2.19. The molecule has 0 saturated heterocycles. The van der Waals surface area contributed by atoms with Crippen molar-refractivity contribution >= 4 is 23.4 Å². The molecule has 1 heterocycles. The van der Waals surface area contributed by atoms with Gasteiger partial charge < -0.3 is 9.88 Å². The van der Waals surface area contributed by atoms with E-state index in [0.717, 1.165) is 48.0 Å². The largest absolute Gasteiger partial charge is 0.325 e. The molecule has 154 valence electrons. The number of anilines is 1. The Hall–Kier alpha value is -1.86. The van der Waals surface area contributed by atoms with E-state index in [9.17, 15) is 4.79 Å². The van der Waals surface area contributed by atoms with Gasteiger partial charge in [-0.05, 0) is 52.4 Å². The summed E-state index contributed by atoms with van der Waals surface area (Å²) in [7, 11) is 4.14. The van der Waals surface area contributed by atoms with E-state index in [0.29, 0.717) is 0 Å². The first-order valence-electron chi connectivity index (χ1n) is 10.0. The van der Waals surface area contributed by atoms with Crippen LogP contribution in [0.1, 0.15) is 57.5 Å². The van der Waals surface area contributed by atoms with Crippen LogP contribution in [0.3, 0.4) is 0 Å². The first-order valence-corrected chi connectivity index (χ1v) is 10.9. The minimum absolute atomic E-state index is 0.0226. The van der Waals surface area contributed by atoms with Crippen molar-refractivity contribution < 1.29 is 4.79 Å². The number of aryl methyl sites for hydroxylation is 1. The summed E-state index contributed by atoms with van der Waals surface area (Å²) in [6, 6.07) is 8.04. The Labute approximate surface area is 173 Å². The third-order valence-corrected chi connectivity index (χ3v) is 5.92. The fourth-order valence-corrected chi connectivity index (χ4v) is 3.98. The maximum absolute atomic E-state index is 12.7. The highest BCUT2D eigenvalue weighted by Crippen LogP contribution is 2.28. The quantitative estimate of drug-likeness (QED) is 0.591. The summed E-state index contributed by atoms with van der Waals surface area (Å²) in [5.74, 6) is 0.959. The van der Waals surface area contributed by atoms with Crippen molar-refractivity contribution in [3.05, 3.63) is 35.7 Å². The summed E-state index contributed by atoms with van der Waals surface area (Å²) in [6.45, 7) is 9.12. The van der Waals surface area contributed by atoms with Crippen molar-refractivity contribution in [2.45, 2.75) is 70.0 Å². The average Bonchev–Trinajstić information content (AvgIpc) is 3.04. The number of nitrogens with one attached hydrogen (secondary N) is 1. The SMILES string of the molecule is CCCCn1c(SC(C)C(=O)Nc2ccccc2C)nnc1C(CC)N(C)C. The smallest absolute Gasteiger partial charge is 0.237 e. The highest BCUT2D eigenvalue weighted by molar-refractivity contribution is 8.00. The lowest BCUT2D eigenvalue weighted by Crippen LogP contribution is -2.25. The molecule has 1 amide bonds. The highest BCUT2D eigenvalue weighted by Gasteiger charge is 2.24. The Morgan fingerprint density at radius 2 is 1.96 bits per heavy atom. The second kappa shape index (κ2) is 10.6. The fraction of sp³-hybridized carbons (Fsp3) is 0.571. The van der Waals surface area contributed by atoms with Crippen LogP contribution in [0.15, 0.2) is 29.4 Å². The lowest BCUT2D eigenvalue weighted by atomic mass is 10.2. The van der Waals surface area contributed by atoms with Crippen molar-refractivity contribution in [1.82, 2.24) is 19.7 Å². The van der Waals surface area contributed by atoms with E-state index in [1.165, 1.54) is 11.8 Å². The van der Waals surface area contributed by atoms with Crippen LogP contribution in [0.2, 0.25) is 0 Å². The van der Waals surface area contributed by atoms with Gasteiger partial charge in [-0.15, -0.1) is 10.2 Å². The molecular formula is C21H33N5OS. The molecule has 6 nitrogen and oxygen atoms in total. The molecule has 2 unspecified atom stereocenters. The van der Waals surface area contributed by atoms with Gasteiger partial charge in [-0.3, -0.25) is 9.69 Å². The number of amides is 1. The predicted molar refractivity (Wildman–Crippen MR) is 117 cm³/mol. The number of unbranched alkanes of at least 4 members (excludes halogenated alkanes) is 1. The van der Waals surface area contributed by atoms with Gasteiger partial charge in [0.2, 0.25) is 5.91 Å². The average molecular weight is 404 g/mol. The van der Waals surface area contributed by atoms with Gasteiger partial charge in [0.15, 0.2) is 11.0 Å². The molecule has 0 aliphatic heterocycles. The molecule has 1 aromatic carbocycles. The zero-order valence-corrected chi connectivity index (χ0v) is 18.7. The highest BCUT2D eigenvalue weighted by atomic mass is 32.2. The third kappa shape index (κ3) is 5.58. The van der Waals surface area contributed by atoms with Crippen LogP contribution >= 0.6 is 11.8 Å². The van der Waals surface area contributed by atoms with Crippen LogP contribution in [0, 0.1) is 6.92 Å². The molecule has 0 saturated carbocycles. The molecule has 2 aromatic rings. The summed E-state index contributed by atoms with van der Waals surface area (Å²) in [6.07, 6.45) is 3.13. The topological polar surface area (TPSA) is 63.1 Å². The van der Waals surface area contributed by atoms with Gasteiger partial charge in [0.05, 0.1) is 11.3 Å². The number of carbonyl (C=O) groups excluding carboxylic acids is 1. The van der Waals surface area contributed by atoms with E-state index in [1.54, 1.807) is 0 Å². The van der Waals surface area contributed by atoms with Crippen LogP contribution in [-0.2, 0) is 11.3 Å². The first-order chi connectivity index (χ1) is 13.4. The molecule has 0 aliphatic rings. The zero-order chi connectivity index (χ0) is 20.7. The predicted octanol–water partition coefficient (Wildman–Crippen LogP) is 4.52. The van der Waals surface area contributed by atoms with Crippen molar-refractivity contribution in [1.29, 1.82) is 0 Å². The number of thioether (sulfide) groups is 1. The lowest BCUT2D eigenvalue weighted by Gasteiger charge is -2.23.